The smallest absolute Gasteiger partial charge is 0.315 e. The normalized spacial score (nSPS) is 26.1. The molecule has 5 amide bonds. The van der Waals surface area contributed by atoms with Gasteiger partial charge in [0.25, 0.3) is 5.91 Å². The van der Waals surface area contributed by atoms with Crippen molar-refractivity contribution in [2.75, 3.05) is 12.3 Å². The Hall–Kier alpha value is -2.74. The Morgan fingerprint density at radius 1 is 0.887 bits per heavy atom. The second-order valence-corrected chi connectivity index (χ2v) is 21.0. The summed E-state index contributed by atoms with van der Waals surface area (Å²) in [5, 5.41) is 11.6. The summed E-state index contributed by atoms with van der Waals surface area (Å²) in [6.07, 6.45) is 8.43. The zero-order valence-corrected chi connectivity index (χ0v) is 34.4. The topological polar surface area (TPSA) is 174 Å². The monoisotopic (exact) mass is 762 g/mol. The van der Waals surface area contributed by atoms with E-state index in [0.29, 0.717) is 31.7 Å². The van der Waals surface area contributed by atoms with Gasteiger partial charge in [0.1, 0.15) is 12.1 Å². The van der Waals surface area contributed by atoms with E-state index in [0.717, 1.165) is 51.4 Å². The SMILES string of the molecule is CC(C)N(C(C)C)S(=O)(=O)CC1(NC(=O)N[C@H](C(=O)N2C[C@H]3[C@@H]([C@H]2C(=O)N[C@@H](CCC2CC2)C(=O)C(=O)NC2CC2)C3(C)C)C(C)(C)C)CCCCC1. The van der Waals surface area contributed by atoms with E-state index in [1.165, 1.54) is 4.31 Å². The molecule has 1 heterocycles. The van der Waals surface area contributed by atoms with Crippen molar-refractivity contribution in [2.24, 2.45) is 28.6 Å². The van der Waals surface area contributed by atoms with Gasteiger partial charge in [-0.15, -0.1) is 0 Å². The van der Waals surface area contributed by atoms with Gasteiger partial charge in [0.05, 0.1) is 17.3 Å². The predicted molar refractivity (Wildman–Crippen MR) is 203 cm³/mol. The Kier molecular flexibility index (Phi) is 12.1. The van der Waals surface area contributed by atoms with Gasteiger partial charge < -0.3 is 26.2 Å². The van der Waals surface area contributed by atoms with E-state index in [-0.39, 0.29) is 41.1 Å². The third-order valence-electron chi connectivity index (χ3n) is 12.5. The molecule has 0 aromatic rings. The second-order valence-electron chi connectivity index (χ2n) is 19.1. The molecule has 53 heavy (non-hydrogen) atoms. The minimum Gasteiger partial charge on any atom is -0.347 e. The van der Waals surface area contributed by atoms with E-state index in [9.17, 15) is 32.4 Å². The number of hydrogen-bond donors (Lipinski definition) is 4. The summed E-state index contributed by atoms with van der Waals surface area (Å²) in [6.45, 7) is 17.4. The number of nitrogens with zero attached hydrogens (tertiary/aromatic N) is 2. The molecule has 4 aliphatic carbocycles. The van der Waals surface area contributed by atoms with Crippen LogP contribution in [0.4, 0.5) is 4.79 Å². The number of carbonyl (C=O) groups excluding carboxylic acids is 5. The van der Waals surface area contributed by atoms with Crippen LogP contribution in [-0.2, 0) is 29.2 Å². The maximum atomic E-state index is 14.6. The van der Waals surface area contributed by atoms with E-state index >= 15 is 0 Å². The Morgan fingerprint density at radius 3 is 2.02 bits per heavy atom. The van der Waals surface area contributed by atoms with E-state index in [1.807, 2.05) is 48.5 Å². The first-order valence-corrected chi connectivity index (χ1v) is 21.7. The molecule has 300 valence electrons. The number of Topliss-reactive ketones (excluding diaryl/α,β-unsaturated/α-hetero) is 1. The number of likely N-dealkylation sites (tertiary alicyclic amines) is 1. The minimum atomic E-state index is -3.75. The molecule has 14 heteroatoms. The first-order chi connectivity index (χ1) is 24.6. The maximum absolute atomic E-state index is 14.6. The highest BCUT2D eigenvalue weighted by molar-refractivity contribution is 7.89. The number of sulfonamides is 1. The highest BCUT2D eigenvalue weighted by Gasteiger charge is 2.70. The highest BCUT2D eigenvalue weighted by atomic mass is 32.2. The summed E-state index contributed by atoms with van der Waals surface area (Å²) in [7, 11) is -3.75. The molecular weight excluding hydrogens is 697 g/mol. The molecule has 5 atom stereocenters. The van der Waals surface area contributed by atoms with E-state index in [1.54, 1.807) is 4.90 Å². The van der Waals surface area contributed by atoms with E-state index < -0.39 is 68.6 Å². The van der Waals surface area contributed by atoms with Crippen molar-refractivity contribution in [3.05, 3.63) is 0 Å². The van der Waals surface area contributed by atoms with Crippen LogP contribution in [0.15, 0.2) is 0 Å². The average Bonchev–Trinajstić information content (AvgIpc) is 3.99. The standard InChI is InChI=1S/C39H66N6O7S/c1-23(2)45(24(3)4)53(51,52)22-39(19-11-10-12-20-39)43-36(50)42-32(37(5,6)7)35(49)44-21-27-29(38(27,8)9)30(44)33(47)41-28(18-15-25-13-14-25)31(46)34(48)40-26-16-17-26/h23-30,32H,10-22H2,1-9H3,(H,40,48)(H,41,47)(H2,42,43,50)/t27-,28-,29-,30-,32+/m0/s1. The van der Waals surface area contributed by atoms with Crippen LogP contribution >= 0.6 is 0 Å². The Balaban J connectivity index is 1.34. The lowest BCUT2D eigenvalue weighted by molar-refractivity contribution is -0.145. The Morgan fingerprint density at radius 2 is 1.49 bits per heavy atom. The molecule has 5 rings (SSSR count). The van der Waals surface area contributed by atoms with Gasteiger partial charge in [0.2, 0.25) is 27.6 Å². The van der Waals surface area contributed by atoms with Crippen LogP contribution in [0.2, 0.25) is 0 Å². The number of fused-ring (bicyclic) bond motifs is 1. The number of hydrogen-bond acceptors (Lipinski definition) is 7. The van der Waals surface area contributed by atoms with Gasteiger partial charge in [0.15, 0.2) is 0 Å². The van der Waals surface area contributed by atoms with Crippen molar-refractivity contribution in [2.45, 2.75) is 175 Å². The quantitative estimate of drug-likeness (QED) is 0.173. The fourth-order valence-electron chi connectivity index (χ4n) is 9.21. The number of ketones is 1. The van der Waals surface area contributed by atoms with Gasteiger partial charge in [-0.3, -0.25) is 19.2 Å². The third-order valence-corrected chi connectivity index (χ3v) is 14.9. The summed E-state index contributed by atoms with van der Waals surface area (Å²) in [5.74, 6) is -1.99. The Labute approximate surface area is 317 Å². The van der Waals surface area contributed by atoms with Crippen molar-refractivity contribution in [3.63, 3.8) is 0 Å². The van der Waals surface area contributed by atoms with Gasteiger partial charge in [-0.05, 0) is 94.8 Å². The molecule has 4 saturated carbocycles. The van der Waals surface area contributed by atoms with Crippen LogP contribution in [0.1, 0.15) is 133 Å². The predicted octanol–water partition coefficient (Wildman–Crippen LogP) is 3.86. The van der Waals surface area contributed by atoms with Gasteiger partial charge in [-0.25, -0.2) is 13.2 Å². The fraction of sp³-hybridized carbons (Fsp3) is 0.872. The lowest BCUT2D eigenvalue weighted by atomic mass is 9.83. The molecule has 0 aromatic carbocycles. The lowest BCUT2D eigenvalue weighted by Crippen LogP contribution is -2.64. The van der Waals surface area contributed by atoms with Crippen LogP contribution in [0.5, 0.6) is 0 Å². The Bertz CT molecular complexity index is 1520. The molecule has 4 N–H and O–H groups in total. The molecule has 0 spiro atoms. The molecular formula is C39H66N6O7S. The van der Waals surface area contributed by atoms with Crippen molar-refractivity contribution >= 4 is 39.6 Å². The van der Waals surface area contributed by atoms with E-state index in [4.69, 9.17) is 0 Å². The summed E-state index contributed by atoms with van der Waals surface area (Å²) in [6, 6.07) is -3.98. The molecule has 0 unspecified atom stereocenters. The van der Waals surface area contributed by atoms with Crippen molar-refractivity contribution < 1.29 is 32.4 Å². The van der Waals surface area contributed by atoms with Crippen molar-refractivity contribution in [1.82, 2.24) is 30.5 Å². The minimum absolute atomic E-state index is 0.00778. The summed E-state index contributed by atoms with van der Waals surface area (Å²) < 4.78 is 29.1. The first-order valence-electron chi connectivity index (χ1n) is 20.1. The number of urea groups is 1. The molecule has 0 bridgehead atoms. The highest BCUT2D eigenvalue weighted by Crippen LogP contribution is 2.65. The second kappa shape index (κ2) is 15.4. The molecule has 1 saturated heterocycles. The summed E-state index contributed by atoms with van der Waals surface area (Å²) in [4.78, 5) is 70.6. The first kappa shape index (κ1) is 41.4. The fourth-order valence-corrected chi connectivity index (χ4v) is 11.7. The number of amides is 5. The third kappa shape index (κ3) is 9.56. The molecule has 0 aromatic heterocycles. The maximum Gasteiger partial charge on any atom is 0.315 e. The van der Waals surface area contributed by atoms with Gasteiger partial charge in [-0.2, -0.15) is 4.31 Å². The van der Waals surface area contributed by atoms with Crippen LogP contribution < -0.4 is 21.3 Å². The molecule has 0 radical (unpaired) electrons. The molecule has 1 aliphatic heterocycles. The zero-order valence-electron chi connectivity index (χ0n) is 33.5. The van der Waals surface area contributed by atoms with Crippen LogP contribution in [-0.4, -0.2) is 101 Å². The average molecular weight is 763 g/mol. The van der Waals surface area contributed by atoms with Gasteiger partial charge >= 0.3 is 6.03 Å². The zero-order chi connectivity index (χ0) is 39.3. The van der Waals surface area contributed by atoms with Crippen molar-refractivity contribution in [3.8, 4) is 0 Å². The largest absolute Gasteiger partial charge is 0.347 e. The van der Waals surface area contributed by atoms with Gasteiger partial charge in [-0.1, -0.05) is 66.7 Å². The molecule has 5 aliphatic rings. The number of nitrogens with one attached hydrogen (secondary N) is 4. The summed E-state index contributed by atoms with van der Waals surface area (Å²) >= 11 is 0. The number of piperidine rings is 1. The number of carbonyl (C=O) groups is 5. The molecule has 5 fully saturated rings. The van der Waals surface area contributed by atoms with Crippen LogP contribution in [0.25, 0.3) is 0 Å². The summed E-state index contributed by atoms with van der Waals surface area (Å²) in [5.41, 5.74) is -1.96. The number of rotatable bonds is 16. The van der Waals surface area contributed by atoms with Crippen LogP contribution in [0.3, 0.4) is 0 Å². The lowest BCUT2D eigenvalue weighted by Gasteiger charge is -2.42. The van der Waals surface area contributed by atoms with Gasteiger partial charge in [0, 0.05) is 24.7 Å². The van der Waals surface area contributed by atoms with E-state index in [2.05, 4.69) is 35.1 Å². The van der Waals surface area contributed by atoms with Crippen molar-refractivity contribution in [1.29, 1.82) is 0 Å². The van der Waals surface area contributed by atoms with Crippen LogP contribution in [0, 0.1) is 28.6 Å². The molecule has 13 nitrogen and oxygen atoms in total.